The van der Waals surface area contributed by atoms with Crippen LogP contribution in [0.5, 0.6) is 0 Å². The van der Waals surface area contributed by atoms with Crippen molar-refractivity contribution < 1.29 is 5.11 Å². The molecule has 0 aromatic rings. The molecule has 0 aromatic heterocycles. The van der Waals surface area contributed by atoms with Crippen molar-refractivity contribution in [2.24, 2.45) is 0 Å². The highest BCUT2D eigenvalue weighted by molar-refractivity contribution is 8.00. The Labute approximate surface area is 79.6 Å². The maximum atomic E-state index is 9.58. The fraction of sp³-hybridized carbons (Fsp3) is 0.600. The third-order valence-electron chi connectivity index (χ3n) is 1.39. The summed E-state index contributed by atoms with van der Waals surface area (Å²) >= 11 is 1.73. The molecule has 70 valence electrons. The summed E-state index contributed by atoms with van der Waals surface area (Å²) in [6.07, 6.45) is 5.05. The highest BCUT2D eigenvalue weighted by Crippen LogP contribution is 2.21. The number of aliphatic hydroxyl groups excluding tert-OH is 1. The Hall–Kier alpha value is -0.210. The third-order valence-corrected chi connectivity index (χ3v) is 2.72. The molecule has 1 nitrogen and oxygen atoms in total. The highest BCUT2D eigenvalue weighted by atomic mass is 32.2. The zero-order valence-corrected chi connectivity index (χ0v) is 8.84. The van der Waals surface area contributed by atoms with E-state index in [4.69, 9.17) is 0 Å². The van der Waals surface area contributed by atoms with E-state index >= 15 is 0 Å². The SMILES string of the molecule is C=CC(SC(C)C)C(O)/C=C/C. The zero-order chi connectivity index (χ0) is 9.56. The van der Waals surface area contributed by atoms with Crippen molar-refractivity contribution in [1.29, 1.82) is 0 Å². The van der Waals surface area contributed by atoms with Gasteiger partial charge in [0.1, 0.15) is 0 Å². The molecule has 12 heavy (non-hydrogen) atoms. The first kappa shape index (κ1) is 11.8. The van der Waals surface area contributed by atoms with Crippen LogP contribution >= 0.6 is 11.8 Å². The molecule has 0 aliphatic heterocycles. The summed E-state index contributed by atoms with van der Waals surface area (Å²) in [5.41, 5.74) is 0. The minimum absolute atomic E-state index is 0.112. The third kappa shape index (κ3) is 4.62. The number of hydrogen-bond acceptors (Lipinski definition) is 2. The average Bonchev–Trinajstić information content (AvgIpc) is 2.00. The van der Waals surface area contributed by atoms with Crippen molar-refractivity contribution in [2.45, 2.75) is 37.4 Å². The monoisotopic (exact) mass is 186 g/mol. The van der Waals surface area contributed by atoms with E-state index in [0.29, 0.717) is 5.25 Å². The molecule has 0 amide bonds. The van der Waals surface area contributed by atoms with Crippen LogP contribution in [0.15, 0.2) is 24.8 Å². The Balaban J connectivity index is 4.04. The van der Waals surface area contributed by atoms with Crippen molar-refractivity contribution in [2.75, 3.05) is 0 Å². The largest absolute Gasteiger partial charge is 0.388 e. The summed E-state index contributed by atoms with van der Waals surface area (Å²) in [4.78, 5) is 0. The second-order valence-corrected chi connectivity index (χ2v) is 4.66. The minimum Gasteiger partial charge on any atom is -0.388 e. The molecular formula is C10H18OS. The molecule has 2 heteroatoms. The van der Waals surface area contributed by atoms with Gasteiger partial charge in [-0.15, -0.1) is 18.3 Å². The molecule has 0 saturated carbocycles. The van der Waals surface area contributed by atoms with Crippen molar-refractivity contribution >= 4 is 11.8 Å². The van der Waals surface area contributed by atoms with E-state index < -0.39 is 6.10 Å². The Morgan fingerprint density at radius 3 is 2.33 bits per heavy atom. The molecule has 0 fully saturated rings. The average molecular weight is 186 g/mol. The first-order chi connectivity index (χ1) is 5.61. The van der Waals surface area contributed by atoms with Crippen LogP contribution in [-0.2, 0) is 0 Å². The molecule has 0 bridgehead atoms. The lowest BCUT2D eigenvalue weighted by molar-refractivity contribution is 0.231. The second kappa shape index (κ2) is 6.32. The zero-order valence-electron chi connectivity index (χ0n) is 8.03. The molecule has 1 N–H and O–H groups in total. The number of hydrogen-bond donors (Lipinski definition) is 1. The molecule has 0 saturated heterocycles. The van der Waals surface area contributed by atoms with Crippen LogP contribution in [0.3, 0.4) is 0 Å². The van der Waals surface area contributed by atoms with Crippen LogP contribution in [0.4, 0.5) is 0 Å². The number of allylic oxidation sites excluding steroid dienone is 1. The highest BCUT2D eigenvalue weighted by Gasteiger charge is 2.14. The number of thioether (sulfide) groups is 1. The van der Waals surface area contributed by atoms with Crippen molar-refractivity contribution in [3.05, 3.63) is 24.8 Å². The van der Waals surface area contributed by atoms with E-state index in [1.54, 1.807) is 23.9 Å². The molecule has 2 unspecified atom stereocenters. The van der Waals surface area contributed by atoms with Crippen LogP contribution in [0.25, 0.3) is 0 Å². The van der Waals surface area contributed by atoms with Gasteiger partial charge in [0.05, 0.1) is 11.4 Å². The molecule has 0 aliphatic carbocycles. The Kier molecular flexibility index (Phi) is 6.21. The van der Waals surface area contributed by atoms with Gasteiger partial charge in [-0.2, -0.15) is 0 Å². The Bertz CT molecular complexity index is 152. The van der Waals surface area contributed by atoms with Gasteiger partial charge in [-0.05, 0) is 12.2 Å². The number of aliphatic hydroxyl groups is 1. The molecule has 0 aliphatic rings. The Morgan fingerprint density at radius 2 is 2.00 bits per heavy atom. The van der Waals surface area contributed by atoms with Crippen molar-refractivity contribution in [1.82, 2.24) is 0 Å². The normalized spacial score (nSPS) is 16.8. The van der Waals surface area contributed by atoms with Crippen LogP contribution in [0.1, 0.15) is 20.8 Å². The standard InChI is InChI=1S/C10H18OS/c1-5-7-9(11)10(6-2)12-8(3)4/h5-11H,2H2,1,3-4H3/b7-5+. The van der Waals surface area contributed by atoms with Crippen LogP contribution in [0, 0.1) is 0 Å². The molecule has 0 spiro atoms. The summed E-state index contributed by atoms with van der Waals surface area (Å²) in [5.74, 6) is 0. The van der Waals surface area contributed by atoms with Gasteiger partial charge in [-0.3, -0.25) is 0 Å². The van der Waals surface area contributed by atoms with E-state index in [1.807, 2.05) is 13.0 Å². The van der Waals surface area contributed by atoms with Gasteiger partial charge >= 0.3 is 0 Å². The fourth-order valence-corrected chi connectivity index (χ4v) is 1.89. The van der Waals surface area contributed by atoms with E-state index in [-0.39, 0.29) is 5.25 Å². The van der Waals surface area contributed by atoms with Gasteiger partial charge in [0.15, 0.2) is 0 Å². The van der Waals surface area contributed by atoms with Crippen LogP contribution < -0.4 is 0 Å². The van der Waals surface area contributed by atoms with Crippen LogP contribution in [-0.4, -0.2) is 21.7 Å². The van der Waals surface area contributed by atoms with Gasteiger partial charge in [0.25, 0.3) is 0 Å². The predicted octanol–water partition coefficient (Wildman–Crippen LogP) is 2.62. The Morgan fingerprint density at radius 1 is 1.42 bits per heavy atom. The lowest BCUT2D eigenvalue weighted by atomic mass is 10.2. The van der Waals surface area contributed by atoms with Gasteiger partial charge in [0.2, 0.25) is 0 Å². The molecule has 0 rings (SSSR count). The lowest BCUT2D eigenvalue weighted by Gasteiger charge is -2.17. The summed E-state index contributed by atoms with van der Waals surface area (Å²) in [7, 11) is 0. The van der Waals surface area contributed by atoms with E-state index in [2.05, 4.69) is 20.4 Å². The summed E-state index contributed by atoms with van der Waals surface area (Å²) in [5, 5.41) is 10.2. The van der Waals surface area contributed by atoms with E-state index in [1.165, 1.54) is 0 Å². The van der Waals surface area contributed by atoms with Gasteiger partial charge in [0, 0.05) is 0 Å². The molecule has 2 atom stereocenters. The predicted molar refractivity (Wildman–Crippen MR) is 57.5 cm³/mol. The quantitative estimate of drug-likeness (QED) is 0.666. The number of rotatable bonds is 5. The fourth-order valence-electron chi connectivity index (χ4n) is 0.896. The van der Waals surface area contributed by atoms with Crippen molar-refractivity contribution in [3.63, 3.8) is 0 Å². The summed E-state index contributed by atoms with van der Waals surface area (Å²) in [6.45, 7) is 9.84. The van der Waals surface area contributed by atoms with E-state index in [9.17, 15) is 5.11 Å². The van der Waals surface area contributed by atoms with Gasteiger partial charge in [-0.25, -0.2) is 0 Å². The molecule has 0 aromatic carbocycles. The molecule has 0 heterocycles. The molecular weight excluding hydrogens is 168 g/mol. The minimum atomic E-state index is -0.403. The van der Waals surface area contributed by atoms with E-state index in [0.717, 1.165) is 0 Å². The summed E-state index contributed by atoms with van der Waals surface area (Å²) in [6, 6.07) is 0. The lowest BCUT2D eigenvalue weighted by Crippen LogP contribution is -2.19. The van der Waals surface area contributed by atoms with Crippen molar-refractivity contribution in [3.8, 4) is 0 Å². The van der Waals surface area contributed by atoms with Crippen LogP contribution in [0.2, 0.25) is 0 Å². The molecule has 0 radical (unpaired) electrons. The van der Waals surface area contributed by atoms with Gasteiger partial charge in [-0.1, -0.05) is 32.1 Å². The maximum absolute atomic E-state index is 9.58. The first-order valence-corrected chi connectivity index (χ1v) is 5.15. The van der Waals surface area contributed by atoms with Gasteiger partial charge < -0.3 is 5.11 Å². The maximum Gasteiger partial charge on any atom is 0.0874 e. The summed E-state index contributed by atoms with van der Waals surface area (Å²) < 4.78 is 0. The first-order valence-electron chi connectivity index (χ1n) is 4.20. The topological polar surface area (TPSA) is 20.2 Å². The smallest absolute Gasteiger partial charge is 0.0874 e. The second-order valence-electron chi connectivity index (χ2n) is 2.90.